The predicted molar refractivity (Wildman–Crippen MR) is 134 cm³/mol. The number of phenols is 2. The number of benzene rings is 3. The van der Waals surface area contributed by atoms with Gasteiger partial charge in [-0.2, -0.15) is 9.78 Å². The van der Waals surface area contributed by atoms with Gasteiger partial charge in [0.05, 0.1) is 22.1 Å². The van der Waals surface area contributed by atoms with E-state index in [-0.39, 0.29) is 38.3 Å². The van der Waals surface area contributed by atoms with Gasteiger partial charge >= 0.3 is 0 Å². The molecule has 3 aromatic carbocycles. The predicted octanol–water partition coefficient (Wildman–Crippen LogP) is 3.91. The molecule has 176 valence electrons. The number of anilines is 1. The maximum absolute atomic E-state index is 13.8. The molecule has 0 unspecified atom stereocenters. The van der Waals surface area contributed by atoms with E-state index in [1.165, 1.54) is 35.2 Å². The molecule has 0 aliphatic heterocycles. The van der Waals surface area contributed by atoms with Gasteiger partial charge in [-0.05, 0) is 73.0 Å². The summed E-state index contributed by atoms with van der Waals surface area (Å²) in [6.07, 6.45) is 1.37. The Kier molecular flexibility index (Phi) is 5.17. The first-order valence-corrected chi connectivity index (χ1v) is 12.1. The normalized spacial score (nSPS) is 12.2. The van der Waals surface area contributed by atoms with Gasteiger partial charge < -0.3 is 15.9 Å². The third-order valence-electron chi connectivity index (χ3n) is 5.81. The number of fused-ring (bicyclic) bond motifs is 2. The highest BCUT2D eigenvalue weighted by Gasteiger charge is 2.30. The van der Waals surface area contributed by atoms with E-state index in [0.717, 1.165) is 11.1 Å². The summed E-state index contributed by atoms with van der Waals surface area (Å²) in [6.45, 7) is 3.74. The van der Waals surface area contributed by atoms with Gasteiger partial charge in [-0.1, -0.05) is 18.2 Å². The number of aromatic nitrogens is 3. The third kappa shape index (κ3) is 3.73. The molecule has 4 N–H and O–H groups in total. The molecule has 0 bridgehead atoms. The Balaban J connectivity index is 1.78. The minimum absolute atomic E-state index is 0.0914. The number of rotatable bonds is 4. The summed E-state index contributed by atoms with van der Waals surface area (Å²) in [5.41, 5.74) is 9.97. The van der Waals surface area contributed by atoms with E-state index in [4.69, 9.17) is 5.73 Å². The number of hydrogen-bond acceptors (Lipinski definition) is 8. The number of aromatic hydroxyl groups is 2. The van der Waals surface area contributed by atoms with Crippen LogP contribution in [-0.2, 0) is 9.84 Å². The number of para-hydroxylation sites is 2. The fourth-order valence-electron chi connectivity index (χ4n) is 3.75. The van der Waals surface area contributed by atoms with E-state index >= 15 is 0 Å². The number of aryl methyl sites for hydroxylation is 2. The van der Waals surface area contributed by atoms with Gasteiger partial charge in [-0.25, -0.2) is 18.4 Å². The van der Waals surface area contributed by atoms with E-state index in [2.05, 4.69) is 15.1 Å². The van der Waals surface area contributed by atoms with Crippen molar-refractivity contribution in [3.63, 3.8) is 0 Å². The summed E-state index contributed by atoms with van der Waals surface area (Å²) >= 11 is 0. The summed E-state index contributed by atoms with van der Waals surface area (Å²) in [5.74, 6) is -0.733. The molecule has 2 aromatic heterocycles. The molecule has 0 atom stereocenters. The fourth-order valence-corrected chi connectivity index (χ4v) is 5.32. The number of hydrogen-bond donors (Lipinski definition) is 3. The van der Waals surface area contributed by atoms with Gasteiger partial charge in [-0.3, -0.25) is 0 Å². The molecule has 35 heavy (non-hydrogen) atoms. The van der Waals surface area contributed by atoms with Crippen molar-refractivity contribution in [2.24, 2.45) is 5.10 Å². The first kappa shape index (κ1) is 22.4. The lowest BCUT2D eigenvalue weighted by atomic mass is 10.1. The molecule has 0 amide bonds. The molecule has 2 heterocycles. The Morgan fingerprint density at radius 3 is 2.31 bits per heavy atom. The smallest absolute Gasteiger partial charge is 0.212 e. The number of phenolic OH excluding ortho intramolecular Hbond substituents is 2. The zero-order valence-electron chi connectivity index (χ0n) is 18.8. The summed E-state index contributed by atoms with van der Waals surface area (Å²) < 4.78 is 28.7. The average Bonchev–Trinajstić information content (AvgIpc) is 3.10. The standard InChI is InChI=1S/C25H21N5O4S/c1-14-7-9-17(11-15(14)2)35(33,34)23-22-25(29-19-6-4-3-5-18(19)28-22)30(24(23)26)27-13-16-8-10-20(31)21(32)12-16/h3-13,31-32H,26H2,1-2H3/b27-13-. The first-order valence-electron chi connectivity index (χ1n) is 10.6. The minimum Gasteiger partial charge on any atom is -0.504 e. The molecule has 0 aliphatic rings. The summed E-state index contributed by atoms with van der Waals surface area (Å²) in [7, 11) is -4.07. The van der Waals surface area contributed by atoms with Crippen LogP contribution in [0.5, 0.6) is 11.5 Å². The number of sulfone groups is 1. The van der Waals surface area contributed by atoms with E-state index < -0.39 is 9.84 Å². The van der Waals surface area contributed by atoms with Crippen LogP contribution in [-0.4, -0.2) is 39.5 Å². The van der Waals surface area contributed by atoms with Crippen LogP contribution >= 0.6 is 0 Å². The van der Waals surface area contributed by atoms with Crippen LogP contribution in [0.4, 0.5) is 5.82 Å². The van der Waals surface area contributed by atoms with Crippen LogP contribution < -0.4 is 5.73 Å². The SMILES string of the molecule is Cc1ccc(S(=O)(=O)c2c(N)n(/N=C\c3ccc(O)c(O)c3)c3nc4ccccc4nc23)cc1C. The average molecular weight is 488 g/mol. The Hall–Kier alpha value is -4.44. The van der Waals surface area contributed by atoms with Crippen molar-refractivity contribution in [1.29, 1.82) is 0 Å². The van der Waals surface area contributed by atoms with Crippen molar-refractivity contribution in [2.75, 3.05) is 5.73 Å². The van der Waals surface area contributed by atoms with Crippen LogP contribution in [0.3, 0.4) is 0 Å². The van der Waals surface area contributed by atoms with Gasteiger partial charge in [0.15, 0.2) is 17.1 Å². The Bertz CT molecular complexity index is 1770. The lowest BCUT2D eigenvalue weighted by Gasteiger charge is -2.07. The first-order chi connectivity index (χ1) is 16.7. The molecule has 0 fully saturated rings. The molecule has 0 saturated carbocycles. The fraction of sp³-hybridized carbons (Fsp3) is 0.0800. The summed E-state index contributed by atoms with van der Waals surface area (Å²) in [4.78, 5) is 9.09. The van der Waals surface area contributed by atoms with Crippen molar-refractivity contribution in [2.45, 2.75) is 23.6 Å². The summed E-state index contributed by atoms with van der Waals surface area (Å²) in [5, 5.41) is 23.7. The van der Waals surface area contributed by atoms with Crippen LogP contribution in [0.25, 0.3) is 22.2 Å². The molecule has 9 nitrogen and oxygen atoms in total. The van der Waals surface area contributed by atoms with Crippen LogP contribution in [0.2, 0.25) is 0 Å². The topological polar surface area (TPSA) is 144 Å². The second-order valence-electron chi connectivity index (χ2n) is 8.15. The molecular formula is C25H21N5O4S. The number of nitrogen functional groups attached to an aromatic ring is 1. The molecule has 5 rings (SSSR count). The lowest BCUT2D eigenvalue weighted by molar-refractivity contribution is 0.403. The molecule has 5 aromatic rings. The van der Waals surface area contributed by atoms with Gasteiger partial charge in [0.2, 0.25) is 9.84 Å². The maximum Gasteiger partial charge on any atom is 0.212 e. The van der Waals surface area contributed by atoms with E-state index in [1.54, 1.807) is 36.4 Å². The van der Waals surface area contributed by atoms with Gasteiger partial charge in [-0.15, -0.1) is 0 Å². The zero-order chi connectivity index (χ0) is 24.9. The molecule has 10 heteroatoms. The van der Waals surface area contributed by atoms with Crippen molar-refractivity contribution >= 4 is 44.1 Å². The summed E-state index contributed by atoms with van der Waals surface area (Å²) in [6, 6.07) is 16.1. The van der Waals surface area contributed by atoms with Crippen molar-refractivity contribution in [3.05, 3.63) is 77.4 Å². The van der Waals surface area contributed by atoms with Crippen LogP contribution in [0, 0.1) is 13.8 Å². The van der Waals surface area contributed by atoms with Gasteiger partial charge in [0.25, 0.3) is 0 Å². The zero-order valence-corrected chi connectivity index (χ0v) is 19.7. The molecule has 0 aliphatic carbocycles. The van der Waals surface area contributed by atoms with E-state index in [1.807, 2.05) is 13.8 Å². The quantitative estimate of drug-likeness (QED) is 0.257. The second-order valence-corrected chi connectivity index (χ2v) is 10.0. The van der Waals surface area contributed by atoms with Crippen LogP contribution in [0.1, 0.15) is 16.7 Å². The van der Waals surface area contributed by atoms with Crippen molar-refractivity contribution < 1.29 is 18.6 Å². The largest absolute Gasteiger partial charge is 0.504 e. The van der Waals surface area contributed by atoms with Gasteiger partial charge in [0.1, 0.15) is 16.2 Å². The van der Waals surface area contributed by atoms with E-state index in [0.29, 0.717) is 16.6 Å². The van der Waals surface area contributed by atoms with Gasteiger partial charge in [0, 0.05) is 0 Å². The molecular weight excluding hydrogens is 466 g/mol. The Morgan fingerprint density at radius 2 is 1.63 bits per heavy atom. The van der Waals surface area contributed by atoms with Crippen molar-refractivity contribution in [1.82, 2.24) is 14.6 Å². The minimum atomic E-state index is -4.07. The number of nitrogens with two attached hydrogens (primary N) is 1. The molecule has 0 spiro atoms. The number of nitrogens with zero attached hydrogens (tertiary/aromatic N) is 4. The lowest BCUT2D eigenvalue weighted by Crippen LogP contribution is -2.07. The second kappa shape index (κ2) is 8.10. The maximum atomic E-state index is 13.8. The van der Waals surface area contributed by atoms with E-state index in [9.17, 15) is 18.6 Å². The monoisotopic (exact) mass is 487 g/mol. The van der Waals surface area contributed by atoms with Crippen LogP contribution in [0.15, 0.2) is 75.6 Å². The highest BCUT2D eigenvalue weighted by molar-refractivity contribution is 7.92. The highest BCUT2D eigenvalue weighted by atomic mass is 32.2. The molecule has 0 saturated heterocycles. The third-order valence-corrected chi connectivity index (χ3v) is 7.62. The molecule has 0 radical (unpaired) electrons. The Labute approximate surface area is 200 Å². The Morgan fingerprint density at radius 1 is 0.914 bits per heavy atom. The van der Waals surface area contributed by atoms with Crippen molar-refractivity contribution in [3.8, 4) is 11.5 Å². The highest BCUT2D eigenvalue weighted by Crippen LogP contribution is 2.35.